The van der Waals surface area contributed by atoms with Crippen molar-refractivity contribution in [1.29, 1.82) is 0 Å². The molecule has 0 saturated carbocycles. The molecule has 0 aliphatic heterocycles. The Hall–Kier alpha value is -1.88. The molecular formula is C13H18N4O. The van der Waals surface area contributed by atoms with Crippen LogP contribution in [0.3, 0.4) is 0 Å². The first kappa shape index (κ1) is 12.6. The fraction of sp³-hybridized carbons (Fsp3) is 0.385. The minimum absolute atomic E-state index is 0.619. The molecule has 2 aromatic heterocycles. The second-order valence-corrected chi connectivity index (χ2v) is 4.14. The lowest BCUT2D eigenvalue weighted by atomic mass is 10.2. The molecule has 2 N–H and O–H groups in total. The van der Waals surface area contributed by atoms with Crippen LogP contribution >= 0.6 is 0 Å². The van der Waals surface area contributed by atoms with Crippen LogP contribution in [-0.4, -0.2) is 27.9 Å². The summed E-state index contributed by atoms with van der Waals surface area (Å²) >= 11 is 0. The molecule has 0 aliphatic carbocycles. The summed E-state index contributed by atoms with van der Waals surface area (Å²) in [6, 6.07) is 3.88. The van der Waals surface area contributed by atoms with Gasteiger partial charge in [-0.1, -0.05) is 0 Å². The van der Waals surface area contributed by atoms with Gasteiger partial charge in [0.2, 0.25) is 0 Å². The van der Waals surface area contributed by atoms with Crippen molar-refractivity contribution in [3.8, 4) is 5.75 Å². The second kappa shape index (κ2) is 6.16. The number of nitrogens with two attached hydrogens (primary N) is 1. The van der Waals surface area contributed by atoms with E-state index in [1.807, 2.05) is 31.6 Å². The van der Waals surface area contributed by atoms with E-state index in [0.717, 1.165) is 24.3 Å². The van der Waals surface area contributed by atoms with Crippen LogP contribution in [0.25, 0.3) is 0 Å². The highest BCUT2D eigenvalue weighted by atomic mass is 16.5. The molecule has 0 atom stereocenters. The van der Waals surface area contributed by atoms with E-state index >= 15 is 0 Å². The molecule has 0 amide bonds. The van der Waals surface area contributed by atoms with Crippen LogP contribution in [0.5, 0.6) is 5.75 Å². The molecule has 5 heteroatoms. The Kier molecular flexibility index (Phi) is 4.30. The van der Waals surface area contributed by atoms with Gasteiger partial charge >= 0.3 is 0 Å². The van der Waals surface area contributed by atoms with Gasteiger partial charge in [0.25, 0.3) is 0 Å². The van der Waals surface area contributed by atoms with Gasteiger partial charge in [-0.15, -0.1) is 0 Å². The third-order valence-corrected chi connectivity index (χ3v) is 2.62. The summed E-state index contributed by atoms with van der Waals surface area (Å²) in [4.78, 5) is 4.28. The summed E-state index contributed by atoms with van der Waals surface area (Å²) in [5, 5.41) is 4.11. The lowest BCUT2D eigenvalue weighted by molar-refractivity contribution is 0.320. The van der Waals surface area contributed by atoms with E-state index < -0.39 is 0 Å². The van der Waals surface area contributed by atoms with Gasteiger partial charge in [0.15, 0.2) is 0 Å². The molecule has 18 heavy (non-hydrogen) atoms. The fourth-order valence-corrected chi connectivity index (χ4v) is 1.68. The Labute approximate surface area is 107 Å². The van der Waals surface area contributed by atoms with Crippen LogP contribution in [0.1, 0.15) is 11.3 Å². The molecule has 96 valence electrons. The predicted octanol–water partition coefficient (Wildman–Crippen LogP) is 0.938. The van der Waals surface area contributed by atoms with Gasteiger partial charge in [-0.3, -0.25) is 9.67 Å². The van der Waals surface area contributed by atoms with Crippen molar-refractivity contribution < 1.29 is 4.74 Å². The zero-order valence-corrected chi connectivity index (χ0v) is 10.5. The maximum Gasteiger partial charge on any atom is 0.137 e. The second-order valence-electron chi connectivity index (χ2n) is 4.14. The average molecular weight is 246 g/mol. The molecule has 0 aromatic carbocycles. The minimum Gasteiger partial charge on any atom is -0.492 e. The minimum atomic E-state index is 0.619. The third-order valence-electron chi connectivity index (χ3n) is 2.62. The van der Waals surface area contributed by atoms with Crippen molar-refractivity contribution in [2.45, 2.75) is 12.8 Å². The standard InChI is InChI=1S/C13H18N4O/c1-17-10-11(8-16-17)5-7-18-13-3-2-12(4-6-14)15-9-13/h2-3,8-10H,4-7,14H2,1H3. The number of aromatic nitrogens is 3. The number of rotatable bonds is 6. The van der Waals surface area contributed by atoms with Crippen LogP contribution < -0.4 is 10.5 Å². The van der Waals surface area contributed by atoms with Gasteiger partial charge in [0.1, 0.15) is 5.75 Å². The lowest BCUT2D eigenvalue weighted by Gasteiger charge is -2.05. The highest BCUT2D eigenvalue weighted by Gasteiger charge is 1.99. The van der Waals surface area contributed by atoms with Crippen molar-refractivity contribution in [1.82, 2.24) is 14.8 Å². The molecule has 2 rings (SSSR count). The molecule has 0 unspecified atom stereocenters. The van der Waals surface area contributed by atoms with Gasteiger partial charge in [0, 0.05) is 31.8 Å². The summed E-state index contributed by atoms with van der Waals surface area (Å²) in [7, 11) is 1.91. The largest absolute Gasteiger partial charge is 0.492 e. The SMILES string of the molecule is Cn1cc(CCOc2ccc(CCN)nc2)cn1. The lowest BCUT2D eigenvalue weighted by Crippen LogP contribution is -2.05. The summed E-state index contributed by atoms with van der Waals surface area (Å²) in [5.74, 6) is 0.791. The van der Waals surface area contributed by atoms with E-state index in [1.165, 1.54) is 5.56 Å². The highest BCUT2D eigenvalue weighted by molar-refractivity contribution is 5.20. The van der Waals surface area contributed by atoms with Crippen LogP contribution in [0, 0.1) is 0 Å². The maximum absolute atomic E-state index is 5.62. The first-order chi connectivity index (χ1) is 8.78. The van der Waals surface area contributed by atoms with Gasteiger partial charge in [0.05, 0.1) is 19.0 Å². The Morgan fingerprint density at radius 2 is 2.17 bits per heavy atom. The first-order valence-electron chi connectivity index (χ1n) is 6.03. The van der Waals surface area contributed by atoms with Gasteiger partial charge < -0.3 is 10.5 Å². The smallest absolute Gasteiger partial charge is 0.137 e. The van der Waals surface area contributed by atoms with Crippen LogP contribution in [0.2, 0.25) is 0 Å². The predicted molar refractivity (Wildman–Crippen MR) is 69.4 cm³/mol. The molecule has 0 saturated heterocycles. The van der Waals surface area contributed by atoms with Gasteiger partial charge in [-0.05, 0) is 24.2 Å². The Morgan fingerprint density at radius 1 is 1.28 bits per heavy atom. The van der Waals surface area contributed by atoms with E-state index in [0.29, 0.717) is 13.2 Å². The van der Waals surface area contributed by atoms with Crippen LogP contribution in [0.4, 0.5) is 0 Å². The van der Waals surface area contributed by atoms with E-state index in [9.17, 15) is 0 Å². The van der Waals surface area contributed by atoms with Crippen molar-refractivity contribution in [3.63, 3.8) is 0 Å². The zero-order chi connectivity index (χ0) is 12.8. The average Bonchev–Trinajstić information content (AvgIpc) is 2.78. The third kappa shape index (κ3) is 3.56. The molecule has 0 fully saturated rings. The topological polar surface area (TPSA) is 66.0 Å². The molecule has 0 aliphatic rings. The Bertz CT molecular complexity index is 478. The quantitative estimate of drug-likeness (QED) is 0.823. The maximum atomic E-state index is 5.62. The summed E-state index contributed by atoms with van der Waals surface area (Å²) in [6.45, 7) is 1.25. The van der Waals surface area contributed by atoms with Crippen molar-refractivity contribution in [2.24, 2.45) is 12.8 Å². The van der Waals surface area contributed by atoms with Crippen LogP contribution in [0.15, 0.2) is 30.7 Å². The zero-order valence-electron chi connectivity index (χ0n) is 10.5. The van der Waals surface area contributed by atoms with Gasteiger partial charge in [-0.2, -0.15) is 5.10 Å². The van der Waals surface area contributed by atoms with E-state index in [-0.39, 0.29) is 0 Å². The summed E-state index contributed by atoms with van der Waals surface area (Å²) in [5.41, 5.74) is 7.63. The number of hydrogen-bond acceptors (Lipinski definition) is 4. The van der Waals surface area contributed by atoms with E-state index in [1.54, 1.807) is 10.9 Å². The molecular weight excluding hydrogens is 228 g/mol. The molecule has 0 bridgehead atoms. The summed E-state index contributed by atoms with van der Waals surface area (Å²) in [6.07, 6.45) is 7.24. The number of hydrogen-bond donors (Lipinski definition) is 1. The summed E-state index contributed by atoms with van der Waals surface area (Å²) < 4.78 is 7.41. The van der Waals surface area contributed by atoms with Crippen LogP contribution in [-0.2, 0) is 19.9 Å². The molecule has 2 heterocycles. The number of aryl methyl sites for hydroxylation is 1. The van der Waals surface area contributed by atoms with E-state index in [2.05, 4.69) is 10.1 Å². The number of nitrogens with zero attached hydrogens (tertiary/aromatic N) is 3. The van der Waals surface area contributed by atoms with Crippen molar-refractivity contribution >= 4 is 0 Å². The Morgan fingerprint density at radius 3 is 2.78 bits per heavy atom. The number of ether oxygens (including phenoxy) is 1. The molecule has 0 radical (unpaired) electrons. The highest BCUT2D eigenvalue weighted by Crippen LogP contribution is 2.10. The van der Waals surface area contributed by atoms with Crippen molar-refractivity contribution in [2.75, 3.05) is 13.2 Å². The molecule has 5 nitrogen and oxygen atoms in total. The molecule has 2 aromatic rings. The fourth-order valence-electron chi connectivity index (χ4n) is 1.68. The van der Waals surface area contributed by atoms with Gasteiger partial charge in [-0.25, -0.2) is 0 Å². The van der Waals surface area contributed by atoms with Crippen molar-refractivity contribution in [3.05, 3.63) is 42.0 Å². The molecule has 0 spiro atoms. The Balaban J connectivity index is 1.79. The monoisotopic (exact) mass is 246 g/mol. The number of pyridine rings is 1. The first-order valence-corrected chi connectivity index (χ1v) is 6.03. The normalized spacial score (nSPS) is 10.6. The van der Waals surface area contributed by atoms with E-state index in [4.69, 9.17) is 10.5 Å².